The molecule has 0 aliphatic rings. The van der Waals surface area contributed by atoms with E-state index in [2.05, 4.69) is 0 Å². The summed E-state index contributed by atoms with van der Waals surface area (Å²) in [6.45, 7) is 3.46. The van der Waals surface area contributed by atoms with Crippen LogP contribution < -0.4 is 10.5 Å². The summed E-state index contributed by atoms with van der Waals surface area (Å²) < 4.78 is 44.4. The highest BCUT2D eigenvalue weighted by molar-refractivity contribution is 5.50. The minimum atomic E-state index is -4.45. The second-order valence-corrected chi connectivity index (χ2v) is 4.93. The molecule has 21 heavy (non-hydrogen) atoms. The van der Waals surface area contributed by atoms with E-state index in [4.69, 9.17) is 10.5 Å². The third-order valence-corrected chi connectivity index (χ3v) is 3.26. The molecule has 0 amide bonds. The average Bonchev–Trinajstić information content (AvgIpc) is 2.38. The number of hydrogen-bond donors (Lipinski definition) is 1. The Hall–Kier alpha value is -2.17. The number of aryl methyl sites for hydroxylation is 2. The zero-order valence-electron chi connectivity index (χ0n) is 11.8. The predicted molar refractivity (Wildman–Crippen MR) is 76.1 cm³/mol. The van der Waals surface area contributed by atoms with Crippen LogP contribution >= 0.6 is 0 Å². The lowest BCUT2D eigenvalue weighted by atomic mass is 10.1. The second-order valence-electron chi connectivity index (χ2n) is 4.93. The topological polar surface area (TPSA) is 35.2 Å². The minimum Gasteiger partial charge on any atom is -0.488 e. The molecular weight excluding hydrogens is 279 g/mol. The molecule has 0 fully saturated rings. The van der Waals surface area contributed by atoms with Crippen molar-refractivity contribution in [3.63, 3.8) is 0 Å². The normalized spacial score (nSPS) is 11.5. The highest BCUT2D eigenvalue weighted by Crippen LogP contribution is 2.37. The Morgan fingerprint density at radius 1 is 1.10 bits per heavy atom. The van der Waals surface area contributed by atoms with Crippen molar-refractivity contribution < 1.29 is 17.9 Å². The van der Waals surface area contributed by atoms with Crippen molar-refractivity contribution in [3.05, 3.63) is 58.7 Å². The van der Waals surface area contributed by atoms with Gasteiger partial charge in [-0.2, -0.15) is 13.2 Å². The number of rotatable bonds is 3. The highest BCUT2D eigenvalue weighted by atomic mass is 19.4. The minimum absolute atomic E-state index is 0.00461. The van der Waals surface area contributed by atoms with Gasteiger partial charge in [-0.1, -0.05) is 23.8 Å². The van der Waals surface area contributed by atoms with Crippen LogP contribution in [-0.2, 0) is 12.8 Å². The van der Waals surface area contributed by atoms with Gasteiger partial charge in [0.2, 0.25) is 0 Å². The van der Waals surface area contributed by atoms with Gasteiger partial charge in [-0.25, -0.2) is 0 Å². The van der Waals surface area contributed by atoms with E-state index >= 15 is 0 Å². The van der Waals surface area contributed by atoms with Gasteiger partial charge < -0.3 is 10.5 Å². The van der Waals surface area contributed by atoms with Crippen LogP contribution in [0.4, 0.5) is 18.9 Å². The van der Waals surface area contributed by atoms with Crippen molar-refractivity contribution in [1.29, 1.82) is 0 Å². The highest BCUT2D eigenvalue weighted by Gasteiger charge is 2.34. The molecule has 2 aromatic rings. The summed E-state index contributed by atoms with van der Waals surface area (Å²) in [4.78, 5) is 0. The van der Waals surface area contributed by atoms with Crippen LogP contribution in [0.1, 0.15) is 22.3 Å². The Bertz CT molecular complexity index is 630. The number of alkyl halides is 3. The van der Waals surface area contributed by atoms with Crippen LogP contribution in [0.2, 0.25) is 0 Å². The van der Waals surface area contributed by atoms with E-state index in [9.17, 15) is 13.2 Å². The van der Waals surface area contributed by atoms with Crippen molar-refractivity contribution in [3.8, 4) is 5.75 Å². The molecule has 2 N–H and O–H groups in total. The monoisotopic (exact) mass is 295 g/mol. The van der Waals surface area contributed by atoms with Gasteiger partial charge in [-0.3, -0.25) is 0 Å². The van der Waals surface area contributed by atoms with Gasteiger partial charge >= 0.3 is 6.18 Å². The van der Waals surface area contributed by atoms with E-state index in [1.165, 1.54) is 6.07 Å². The van der Waals surface area contributed by atoms with Crippen LogP contribution in [0.5, 0.6) is 5.75 Å². The first-order valence-corrected chi connectivity index (χ1v) is 6.43. The maximum Gasteiger partial charge on any atom is 0.419 e. The first-order chi connectivity index (χ1) is 9.79. The van der Waals surface area contributed by atoms with Crippen LogP contribution in [0.15, 0.2) is 36.4 Å². The Morgan fingerprint density at radius 2 is 1.81 bits per heavy atom. The molecule has 2 rings (SSSR count). The number of benzene rings is 2. The lowest BCUT2D eigenvalue weighted by Crippen LogP contribution is -2.10. The number of ether oxygens (including phenoxy) is 1. The van der Waals surface area contributed by atoms with Crippen LogP contribution in [0, 0.1) is 13.8 Å². The summed E-state index contributed by atoms with van der Waals surface area (Å²) in [7, 11) is 0. The Labute approximate surface area is 121 Å². The maximum absolute atomic E-state index is 13.0. The quantitative estimate of drug-likeness (QED) is 0.847. The molecule has 0 saturated heterocycles. The third kappa shape index (κ3) is 3.48. The molecule has 0 heterocycles. The molecule has 0 bridgehead atoms. The maximum atomic E-state index is 13.0. The van der Waals surface area contributed by atoms with Gasteiger partial charge in [0.15, 0.2) is 0 Å². The molecule has 0 saturated carbocycles. The first kappa shape index (κ1) is 15.2. The van der Waals surface area contributed by atoms with E-state index in [1.54, 1.807) is 25.1 Å². The zero-order valence-corrected chi connectivity index (χ0v) is 11.8. The molecule has 5 heteroatoms. The zero-order chi connectivity index (χ0) is 15.6. The predicted octanol–water partition coefficient (Wildman–Crippen LogP) is 4.48. The molecule has 0 aliphatic carbocycles. The van der Waals surface area contributed by atoms with Crippen molar-refractivity contribution in [2.45, 2.75) is 26.6 Å². The van der Waals surface area contributed by atoms with E-state index < -0.39 is 11.7 Å². The van der Waals surface area contributed by atoms with Crippen molar-refractivity contribution in [1.82, 2.24) is 0 Å². The molecule has 2 aromatic carbocycles. The Morgan fingerprint density at radius 3 is 2.43 bits per heavy atom. The first-order valence-electron chi connectivity index (χ1n) is 6.43. The van der Waals surface area contributed by atoms with Crippen molar-refractivity contribution in [2.75, 3.05) is 5.73 Å². The van der Waals surface area contributed by atoms with Gasteiger partial charge in [0.1, 0.15) is 12.4 Å². The van der Waals surface area contributed by atoms with Gasteiger partial charge in [0, 0.05) is 11.3 Å². The summed E-state index contributed by atoms with van der Waals surface area (Å²) in [6, 6.07) is 9.34. The second kappa shape index (κ2) is 5.68. The lowest BCUT2D eigenvalue weighted by molar-refractivity contribution is -0.139. The molecule has 0 atom stereocenters. The summed E-state index contributed by atoms with van der Waals surface area (Å²) in [5.74, 6) is -0.184. The largest absolute Gasteiger partial charge is 0.488 e. The summed E-state index contributed by atoms with van der Waals surface area (Å²) in [5, 5.41) is 0. The molecule has 2 nitrogen and oxygen atoms in total. The fourth-order valence-corrected chi connectivity index (χ4v) is 2.06. The van der Waals surface area contributed by atoms with E-state index in [-0.39, 0.29) is 12.4 Å². The van der Waals surface area contributed by atoms with Crippen molar-refractivity contribution in [2.24, 2.45) is 0 Å². The lowest BCUT2D eigenvalue weighted by Gasteiger charge is -2.16. The van der Waals surface area contributed by atoms with Gasteiger partial charge in [0.05, 0.1) is 5.56 Å². The standard InChI is InChI=1S/C16H16F3NO/c1-10-6-7-15(13(8-10)16(17,18)19)21-9-12-11(2)4-3-5-14(12)20/h3-8H,9,20H2,1-2H3. The van der Waals surface area contributed by atoms with E-state index in [1.807, 2.05) is 13.0 Å². The number of hydrogen-bond acceptors (Lipinski definition) is 2. The number of nitrogen functional groups attached to an aromatic ring is 1. The molecule has 0 radical (unpaired) electrons. The summed E-state index contributed by atoms with van der Waals surface area (Å²) >= 11 is 0. The summed E-state index contributed by atoms with van der Waals surface area (Å²) in [5.41, 5.74) is 7.69. The molecular formula is C16H16F3NO. The van der Waals surface area contributed by atoms with Gasteiger partial charge in [0.25, 0.3) is 0 Å². The average molecular weight is 295 g/mol. The molecule has 0 aromatic heterocycles. The fourth-order valence-electron chi connectivity index (χ4n) is 2.06. The van der Waals surface area contributed by atoms with Crippen LogP contribution in [-0.4, -0.2) is 0 Å². The van der Waals surface area contributed by atoms with Crippen LogP contribution in [0.25, 0.3) is 0 Å². The fraction of sp³-hybridized carbons (Fsp3) is 0.250. The SMILES string of the molecule is Cc1ccc(OCc2c(C)cccc2N)c(C(F)(F)F)c1. The van der Waals surface area contributed by atoms with Gasteiger partial charge in [-0.05, 0) is 37.6 Å². The smallest absolute Gasteiger partial charge is 0.419 e. The summed E-state index contributed by atoms with van der Waals surface area (Å²) in [6.07, 6.45) is -4.45. The number of anilines is 1. The number of halogens is 3. The molecule has 0 unspecified atom stereocenters. The Kier molecular flexibility index (Phi) is 4.11. The van der Waals surface area contributed by atoms with E-state index in [0.717, 1.165) is 11.6 Å². The Balaban J connectivity index is 2.29. The molecule has 0 aliphatic heterocycles. The van der Waals surface area contributed by atoms with E-state index in [0.29, 0.717) is 16.8 Å². The molecule has 0 spiro atoms. The number of nitrogens with two attached hydrogens (primary N) is 1. The van der Waals surface area contributed by atoms with Crippen molar-refractivity contribution >= 4 is 5.69 Å². The van der Waals surface area contributed by atoms with Crippen LogP contribution in [0.3, 0.4) is 0 Å². The molecule has 112 valence electrons. The third-order valence-electron chi connectivity index (χ3n) is 3.26. The van der Waals surface area contributed by atoms with Gasteiger partial charge in [-0.15, -0.1) is 0 Å².